The summed E-state index contributed by atoms with van der Waals surface area (Å²) in [6.45, 7) is 4.42. The highest BCUT2D eigenvalue weighted by Crippen LogP contribution is 2.60. The van der Waals surface area contributed by atoms with Crippen LogP contribution in [0.1, 0.15) is 63.5 Å². The molecule has 4 fully saturated rings. The van der Waals surface area contributed by atoms with Gasteiger partial charge >= 0.3 is 0 Å². The van der Waals surface area contributed by atoms with Gasteiger partial charge in [-0.05, 0) is 94.2 Å². The third-order valence-corrected chi connectivity index (χ3v) is 7.55. The maximum absolute atomic E-state index is 13.6. The van der Waals surface area contributed by atoms with Gasteiger partial charge in [0.15, 0.2) is 5.78 Å². The molecule has 1 aromatic carbocycles. The van der Waals surface area contributed by atoms with Crippen molar-refractivity contribution >= 4 is 11.5 Å². The molecule has 1 N–H and O–H groups in total. The first-order valence-electron chi connectivity index (χ1n) is 10.6. The zero-order chi connectivity index (χ0) is 18.8. The Labute approximate surface area is 162 Å². The molecule has 3 nitrogen and oxygen atoms in total. The molecule has 1 heterocycles. The third kappa shape index (κ3) is 2.90. The van der Waals surface area contributed by atoms with Crippen molar-refractivity contribution in [1.82, 2.24) is 5.32 Å². The lowest BCUT2D eigenvalue weighted by Crippen LogP contribution is -2.50. The Hall–Kier alpha value is -1.77. The molecule has 3 heteroatoms. The van der Waals surface area contributed by atoms with Crippen molar-refractivity contribution in [3.8, 4) is 5.75 Å². The highest BCUT2D eigenvalue weighted by molar-refractivity contribution is 6.01. The van der Waals surface area contributed by atoms with Gasteiger partial charge < -0.3 is 10.1 Å². The van der Waals surface area contributed by atoms with Gasteiger partial charge in [-0.15, -0.1) is 0 Å². The van der Waals surface area contributed by atoms with E-state index in [9.17, 15) is 4.79 Å². The molecule has 4 bridgehead atoms. The number of carbonyl (C=O) groups is 1. The van der Waals surface area contributed by atoms with E-state index in [0.29, 0.717) is 5.78 Å². The molecule has 4 saturated carbocycles. The number of carbonyl (C=O) groups excluding carboxylic acids is 1. The van der Waals surface area contributed by atoms with E-state index in [1.165, 1.54) is 24.8 Å². The van der Waals surface area contributed by atoms with Crippen LogP contribution in [0.25, 0.3) is 5.70 Å². The van der Waals surface area contributed by atoms with E-state index in [-0.39, 0.29) is 11.0 Å². The molecule has 27 heavy (non-hydrogen) atoms. The Bertz CT molecular complexity index is 784. The van der Waals surface area contributed by atoms with Gasteiger partial charge in [0.05, 0.1) is 7.11 Å². The summed E-state index contributed by atoms with van der Waals surface area (Å²) in [4.78, 5) is 13.6. The Morgan fingerprint density at radius 3 is 2.33 bits per heavy atom. The first-order chi connectivity index (χ1) is 12.9. The summed E-state index contributed by atoms with van der Waals surface area (Å²) in [6, 6.07) is 6.26. The lowest BCUT2D eigenvalue weighted by Gasteiger charge is -2.55. The van der Waals surface area contributed by atoms with E-state index in [0.717, 1.165) is 60.4 Å². The van der Waals surface area contributed by atoms with Crippen molar-refractivity contribution in [2.24, 2.45) is 23.2 Å². The SMILES string of the molecule is COc1ccc2c(c1)C(=CC(=O)C13CC4CC(CC(C4)C1)C3)NC(C)(C)C2. The molecular formula is C24H31NO2. The summed E-state index contributed by atoms with van der Waals surface area (Å²) in [7, 11) is 1.70. The van der Waals surface area contributed by atoms with Gasteiger partial charge in [0.25, 0.3) is 0 Å². The highest BCUT2D eigenvalue weighted by atomic mass is 16.5. The van der Waals surface area contributed by atoms with Crippen LogP contribution in [0.3, 0.4) is 0 Å². The quantitative estimate of drug-likeness (QED) is 0.786. The van der Waals surface area contributed by atoms with E-state index in [1.54, 1.807) is 7.11 Å². The highest BCUT2D eigenvalue weighted by Gasteiger charge is 2.54. The maximum Gasteiger partial charge on any atom is 0.163 e. The van der Waals surface area contributed by atoms with Crippen molar-refractivity contribution in [2.75, 3.05) is 7.11 Å². The molecule has 4 aliphatic carbocycles. The summed E-state index contributed by atoms with van der Waals surface area (Å²) in [5, 5.41) is 3.65. The van der Waals surface area contributed by atoms with Crippen LogP contribution in [-0.4, -0.2) is 18.4 Å². The van der Waals surface area contributed by atoms with Gasteiger partial charge in [-0.25, -0.2) is 0 Å². The molecule has 1 aliphatic heterocycles. The normalized spacial score (nSPS) is 37.0. The summed E-state index contributed by atoms with van der Waals surface area (Å²) < 4.78 is 5.45. The minimum absolute atomic E-state index is 0.0465. The maximum atomic E-state index is 13.6. The minimum Gasteiger partial charge on any atom is -0.497 e. The lowest BCUT2D eigenvalue weighted by molar-refractivity contribution is -0.138. The second-order valence-corrected chi connectivity index (χ2v) is 10.3. The second kappa shape index (κ2) is 5.86. The zero-order valence-electron chi connectivity index (χ0n) is 16.8. The van der Waals surface area contributed by atoms with Crippen LogP contribution >= 0.6 is 0 Å². The predicted molar refractivity (Wildman–Crippen MR) is 108 cm³/mol. The molecule has 6 rings (SSSR count). The standard InChI is InChI=1S/C24H31NO2/c1-23(2)14-18-4-5-19(27-3)9-20(18)21(25-23)10-22(26)24-11-15-6-16(12-24)8-17(7-15)13-24/h4-5,9-10,15-17,25H,6-8,11-14H2,1-3H3. The average Bonchev–Trinajstić information content (AvgIpc) is 2.59. The van der Waals surface area contributed by atoms with Gasteiger partial charge in [-0.3, -0.25) is 4.79 Å². The molecule has 0 atom stereocenters. The number of ether oxygens (including phenoxy) is 1. The van der Waals surface area contributed by atoms with Gasteiger partial charge in [-0.2, -0.15) is 0 Å². The van der Waals surface area contributed by atoms with Crippen LogP contribution in [0, 0.1) is 23.2 Å². The first kappa shape index (κ1) is 17.3. The zero-order valence-corrected chi connectivity index (χ0v) is 16.8. The molecule has 144 valence electrons. The molecular weight excluding hydrogens is 334 g/mol. The molecule has 1 aromatic rings. The Morgan fingerprint density at radius 2 is 1.74 bits per heavy atom. The molecule has 0 amide bonds. The van der Waals surface area contributed by atoms with Crippen LogP contribution in [0.15, 0.2) is 24.3 Å². The lowest BCUT2D eigenvalue weighted by atomic mass is 9.48. The summed E-state index contributed by atoms with van der Waals surface area (Å²) in [6.07, 6.45) is 10.4. The van der Waals surface area contributed by atoms with Crippen molar-refractivity contribution in [3.63, 3.8) is 0 Å². The number of hydrogen-bond acceptors (Lipinski definition) is 3. The number of benzene rings is 1. The number of nitrogens with one attached hydrogen (secondary N) is 1. The Kier molecular flexibility index (Phi) is 3.76. The van der Waals surface area contributed by atoms with Gasteiger partial charge in [-0.1, -0.05) is 6.07 Å². The van der Waals surface area contributed by atoms with Gasteiger partial charge in [0.1, 0.15) is 5.75 Å². The third-order valence-electron chi connectivity index (χ3n) is 7.55. The van der Waals surface area contributed by atoms with Gasteiger partial charge in [0.2, 0.25) is 0 Å². The largest absolute Gasteiger partial charge is 0.497 e. The van der Waals surface area contributed by atoms with E-state index in [1.807, 2.05) is 12.1 Å². The number of ketones is 1. The minimum atomic E-state index is -0.0793. The topological polar surface area (TPSA) is 38.3 Å². The molecule has 5 aliphatic rings. The van der Waals surface area contributed by atoms with Gasteiger partial charge in [0, 0.05) is 28.3 Å². The molecule has 0 saturated heterocycles. The molecule has 0 radical (unpaired) electrons. The fourth-order valence-electron chi connectivity index (χ4n) is 6.85. The van der Waals surface area contributed by atoms with Crippen LogP contribution in [0.5, 0.6) is 5.75 Å². The summed E-state index contributed by atoms with van der Waals surface area (Å²) in [5.74, 6) is 3.60. The Morgan fingerprint density at radius 1 is 1.11 bits per heavy atom. The first-order valence-corrected chi connectivity index (χ1v) is 10.6. The average molecular weight is 366 g/mol. The Balaban J connectivity index is 1.52. The summed E-state index contributed by atoms with van der Waals surface area (Å²) in [5.41, 5.74) is 3.29. The van der Waals surface area contributed by atoms with E-state index in [2.05, 4.69) is 31.3 Å². The number of hydrogen-bond donors (Lipinski definition) is 1. The van der Waals surface area contributed by atoms with Crippen LogP contribution in [0.4, 0.5) is 0 Å². The molecule has 0 aromatic heterocycles. The van der Waals surface area contributed by atoms with Crippen LogP contribution < -0.4 is 10.1 Å². The van der Waals surface area contributed by atoms with E-state index >= 15 is 0 Å². The second-order valence-electron chi connectivity index (χ2n) is 10.3. The predicted octanol–water partition coefficient (Wildman–Crippen LogP) is 4.75. The monoisotopic (exact) mass is 365 g/mol. The number of fused-ring (bicyclic) bond motifs is 1. The molecule has 0 unspecified atom stereocenters. The van der Waals surface area contributed by atoms with E-state index in [4.69, 9.17) is 4.74 Å². The fourth-order valence-corrected chi connectivity index (χ4v) is 6.85. The number of methoxy groups -OCH3 is 1. The van der Waals surface area contributed by atoms with Crippen molar-refractivity contribution in [1.29, 1.82) is 0 Å². The van der Waals surface area contributed by atoms with Crippen molar-refractivity contribution in [2.45, 2.75) is 64.3 Å². The number of rotatable bonds is 3. The van der Waals surface area contributed by atoms with Crippen LogP contribution in [0.2, 0.25) is 0 Å². The molecule has 0 spiro atoms. The van der Waals surface area contributed by atoms with Crippen molar-refractivity contribution in [3.05, 3.63) is 35.4 Å². The van der Waals surface area contributed by atoms with Crippen molar-refractivity contribution < 1.29 is 9.53 Å². The number of allylic oxidation sites excluding steroid dienone is 1. The summed E-state index contributed by atoms with van der Waals surface area (Å²) >= 11 is 0. The smallest absolute Gasteiger partial charge is 0.163 e. The van der Waals surface area contributed by atoms with Crippen LogP contribution in [-0.2, 0) is 11.2 Å². The van der Waals surface area contributed by atoms with E-state index < -0.39 is 0 Å². The fraction of sp³-hybridized carbons (Fsp3) is 0.625.